The summed E-state index contributed by atoms with van der Waals surface area (Å²) in [5, 5.41) is 17.0. The van der Waals surface area contributed by atoms with Crippen molar-refractivity contribution in [2.45, 2.75) is 48.0 Å². The molecule has 0 radical (unpaired) electrons. The Hall–Kier alpha value is -2.70. The van der Waals surface area contributed by atoms with E-state index in [1.54, 1.807) is 29.6 Å². The normalized spacial score (nSPS) is 11.3. The molecule has 0 aliphatic rings. The van der Waals surface area contributed by atoms with E-state index in [-0.39, 0.29) is 5.82 Å². The SMILES string of the molecule is Cc1cc(C)nc(SCc2nccc(SCCCSc3ccc4ncc([N+](=O)[O-])n4n3)c2C)n1. The minimum Gasteiger partial charge on any atom is -0.358 e. The fourth-order valence-electron chi connectivity index (χ4n) is 3.22. The van der Waals surface area contributed by atoms with Crippen LogP contribution in [0.1, 0.15) is 29.1 Å². The molecule has 0 fully saturated rings. The van der Waals surface area contributed by atoms with E-state index in [2.05, 4.69) is 38.0 Å². The predicted octanol–water partition coefficient (Wildman–Crippen LogP) is 5.31. The zero-order valence-corrected chi connectivity index (χ0v) is 21.4. The van der Waals surface area contributed by atoms with Gasteiger partial charge in [0.25, 0.3) is 0 Å². The average Bonchev–Trinajstić information content (AvgIpc) is 3.22. The largest absolute Gasteiger partial charge is 0.368 e. The van der Waals surface area contributed by atoms with Gasteiger partial charge in [0.05, 0.1) is 5.69 Å². The van der Waals surface area contributed by atoms with Crippen LogP contribution in [0.3, 0.4) is 0 Å². The smallest absolute Gasteiger partial charge is 0.358 e. The lowest BCUT2D eigenvalue weighted by Crippen LogP contribution is -1.99. The molecule has 0 spiro atoms. The number of nitrogens with zero attached hydrogens (tertiary/aromatic N) is 7. The van der Waals surface area contributed by atoms with E-state index in [4.69, 9.17) is 0 Å². The maximum absolute atomic E-state index is 11.1. The standard InChI is InChI=1S/C22H23N7O2S3/c1-14-11-15(2)26-22(25-14)34-13-17-16(3)18(7-8-23-17)32-9-4-10-33-20-6-5-19-24-12-21(29(30)31)28(19)27-20/h5-8,11-12H,4,9-10,13H2,1-3H3. The molecule has 12 heteroatoms. The molecule has 0 bridgehead atoms. The van der Waals surface area contributed by atoms with E-state index < -0.39 is 4.92 Å². The highest BCUT2D eigenvalue weighted by Crippen LogP contribution is 2.28. The van der Waals surface area contributed by atoms with Crippen LogP contribution in [0.15, 0.2) is 51.7 Å². The van der Waals surface area contributed by atoms with Crippen molar-refractivity contribution in [2.75, 3.05) is 11.5 Å². The second kappa shape index (κ2) is 11.2. The van der Waals surface area contributed by atoms with Crippen molar-refractivity contribution in [3.8, 4) is 0 Å². The molecule has 4 aromatic heterocycles. The van der Waals surface area contributed by atoms with Gasteiger partial charge in [-0.1, -0.05) is 21.4 Å². The molecule has 4 rings (SSSR count). The van der Waals surface area contributed by atoms with E-state index in [1.165, 1.54) is 21.2 Å². The van der Waals surface area contributed by atoms with Gasteiger partial charge in [-0.2, -0.15) is 0 Å². The molecule has 0 unspecified atom stereocenters. The van der Waals surface area contributed by atoms with Crippen molar-refractivity contribution < 1.29 is 4.92 Å². The Bertz CT molecular complexity index is 1310. The van der Waals surface area contributed by atoms with Crippen molar-refractivity contribution in [1.82, 2.24) is 29.5 Å². The Balaban J connectivity index is 1.28. The second-order valence-corrected chi connectivity index (χ2v) is 10.7. The molecule has 4 aromatic rings. The number of fused-ring (bicyclic) bond motifs is 1. The second-order valence-electron chi connectivity index (χ2n) is 7.47. The summed E-state index contributed by atoms with van der Waals surface area (Å²) in [5.74, 6) is 2.43. The van der Waals surface area contributed by atoms with Crippen molar-refractivity contribution in [1.29, 1.82) is 0 Å². The Morgan fingerprint density at radius 3 is 2.53 bits per heavy atom. The number of thioether (sulfide) groups is 3. The highest BCUT2D eigenvalue weighted by molar-refractivity contribution is 8.00. The number of rotatable bonds is 10. The van der Waals surface area contributed by atoms with Gasteiger partial charge in [-0.15, -0.1) is 23.5 Å². The molecular weight excluding hydrogens is 490 g/mol. The fourth-order valence-corrected chi connectivity index (χ4v) is 6.17. The first-order valence-electron chi connectivity index (χ1n) is 10.5. The van der Waals surface area contributed by atoms with Crippen molar-refractivity contribution >= 4 is 46.8 Å². The Kier molecular flexibility index (Phi) is 8.01. The van der Waals surface area contributed by atoms with E-state index in [9.17, 15) is 10.1 Å². The average molecular weight is 514 g/mol. The van der Waals surface area contributed by atoms with Gasteiger partial charge in [0.2, 0.25) is 5.65 Å². The van der Waals surface area contributed by atoms with Gasteiger partial charge in [-0.25, -0.2) is 15.0 Å². The molecular formula is C22H23N7O2S3. The van der Waals surface area contributed by atoms with Crippen LogP contribution in [0.5, 0.6) is 0 Å². The van der Waals surface area contributed by atoms with Gasteiger partial charge < -0.3 is 10.1 Å². The van der Waals surface area contributed by atoms with Crippen LogP contribution >= 0.6 is 35.3 Å². The molecule has 0 aliphatic carbocycles. The molecule has 0 saturated heterocycles. The third-order valence-electron chi connectivity index (χ3n) is 4.86. The van der Waals surface area contributed by atoms with Crippen LogP contribution in [0, 0.1) is 30.9 Å². The number of nitro groups is 1. The first-order chi connectivity index (χ1) is 16.4. The lowest BCUT2D eigenvalue weighted by atomic mass is 10.2. The van der Waals surface area contributed by atoms with Gasteiger partial charge >= 0.3 is 5.82 Å². The summed E-state index contributed by atoms with van der Waals surface area (Å²) < 4.78 is 1.28. The summed E-state index contributed by atoms with van der Waals surface area (Å²) in [4.78, 5) is 29.4. The highest BCUT2D eigenvalue weighted by atomic mass is 32.2. The number of hydrogen-bond acceptors (Lipinski definition) is 10. The quantitative estimate of drug-likeness (QED) is 0.0908. The lowest BCUT2D eigenvalue weighted by molar-refractivity contribution is -0.391. The summed E-state index contributed by atoms with van der Waals surface area (Å²) in [6.45, 7) is 6.07. The van der Waals surface area contributed by atoms with Crippen molar-refractivity contribution in [3.05, 3.63) is 69.4 Å². The van der Waals surface area contributed by atoms with Gasteiger partial charge in [-0.3, -0.25) is 4.98 Å². The molecule has 176 valence electrons. The third-order valence-corrected chi connectivity index (χ3v) is 7.97. The minimum atomic E-state index is -0.475. The summed E-state index contributed by atoms with van der Waals surface area (Å²) in [7, 11) is 0. The fraction of sp³-hybridized carbons (Fsp3) is 0.318. The molecule has 0 atom stereocenters. The van der Waals surface area contributed by atoms with Crippen LogP contribution in [-0.2, 0) is 5.75 Å². The van der Waals surface area contributed by atoms with Crippen LogP contribution in [0.2, 0.25) is 0 Å². The number of aryl methyl sites for hydroxylation is 2. The van der Waals surface area contributed by atoms with Crippen LogP contribution in [0.4, 0.5) is 5.82 Å². The molecule has 0 N–H and O–H groups in total. The molecule has 9 nitrogen and oxygen atoms in total. The maximum Gasteiger partial charge on any atom is 0.368 e. The molecule has 0 aliphatic heterocycles. The van der Waals surface area contributed by atoms with E-state index >= 15 is 0 Å². The van der Waals surface area contributed by atoms with Crippen LogP contribution in [-0.4, -0.2) is 46.0 Å². The summed E-state index contributed by atoms with van der Waals surface area (Å²) in [6, 6.07) is 7.63. The van der Waals surface area contributed by atoms with Crippen molar-refractivity contribution in [3.63, 3.8) is 0 Å². The van der Waals surface area contributed by atoms with Crippen LogP contribution < -0.4 is 0 Å². The molecule has 34 heavy (non-hydrogen) atoms. The number of imidazole rings is 1. The summed E-state index contributed by atoms with van der Waals surface area (Å²) in [5.41, 5.74) is 4.65. The topological polar surface area (TPSA) is 112 Å². The van der Waals surface area contributed by atoms with Gasteiger partial charge in [0.15, 0.2) is 5.16 Å². The van der Waals surface area contributed by atoms with Crippen LogP contribution in [0.25, 0.3) is 5.65 Å². The zero-order valence-electron chi connectivity index (χ0n) is 19.0. The zero-order chi connectivity index (χ0) is 24.1. The molecule has 4 heterocycles. The summed E-state index contributed by atoms with van der Waals surface area (Å²) >= 11 is 5.00. The molecule has 0 aromatic carbocycles. The van der Waals surface area contributed by atoms with Gasteiger partial charge in [-0.05, 0) is 61.6 Å². The number of aromatic nitrogens is 6. The Morgan fingerprint density at radius 1 is 1.00 bits per heavy atom. The Morgan fingerprint density at radius 2 is 1.76 bits per heavy atom. The Labute approximate surface area is 209 Å². The van der Waals surface area contributed by atoms with Gasteiger partial charge in [0, 0.05) is 40.1 Å². The minimum absolute atomic E-state index is 0.126. The van der Waals surface area contributed by atoms with Crippen molar-refractivity contribution in [2.24, 2.45) is 0 Å². The number of pyridine rings is 1. The number of hydrogen-bond donors (Lipinski definition) is 0. The summed E-state index contributed by atoms with van der Waals surface area (Å²) in [6.07, 6.45) is 4.06. The lowest BCUT2D eigenvalue weighted by Gasteiger charge is -2.10. The first kappa shape index (κ1) is 24.4. The third kappa shape index (κ3) is 6.05. The molecule has 0 saturated carbocycles. The van der Waals surface area contributed by atoms with E-state index in [1.807, 2.05) is 43.9 Å². The predicted molar refractivity (Wildman–Crippen MR) is 136 cm³/mol. The van der Waals surface area contributed by atoms with Gasteiger partial charge in [0.1, 0.15) is 11.2 Å². The monoisotopic (exact) mass is 513 g/mol. The first-order valence-corrected chi connectivity index (χ1v) is 13.5. The maximum atomic E-state index is 11.1. The molecule has 0 amide bonds. The highest BCUT2D eigenvalue weighted by Gasteiger charge is 2.16. The van der Waals surface area contributed by atoms with E-state index in [0.717, 1.165) is 50.9 Å². The van der Waals surface area contributed by atoms with E-state index in [0.29, 0.717) is 5.65 Å².